The van der Waals surface area contributed by atoms with E-state index in [4.69, 9.17) is 9.47 Å². The van der Waals surface area contributed by atoms with E-state index in [1.54, 1.807) is 50.6 Å². The van der Waals surface area contributed by atoms with Crippen LogP contribution >= 0.6 is 0 Å². The van der Waals surface area contributed by atoms with Gasteiger partial charge in [-0.15, -0.1) is 0 Å². The molecule has 0 atom stereocenters. The van der Waals surface area contributed by atoms with Gasteiger partial charge < -0.3 is 14.8 Å². The highest BCUT2D eigenvalue weighted by atomic mass is 32.2. The Morgan fingerprint density at radius 3 is 2.12 bits per heavy atom. The lowest BCUT2D eigenvalue weighted by atomic mass is 10.1. The average molecular weight is 483 g/mol. The molecule has 3 aromatic carbocycles. The molecule has 0 spiro atoms. The first kappa shape index (κ1) is 25.1. The first-order chi connectivity index (χ1) is 16.3. The number of aryl methyl sites for hydroxylation is 2. The standard InChI is InChI=1S/C26H30N2O5S/c1-19-4-10-22(11-5-19)28-34(30,31)23-12-6-20(7-13-23)9-15-26(29)27-17-16-21-8-14-24(32-2)25(18-21)33-3/h4-8,10-14,18,28H,9,15-17H2,1-3H3,(H,27,29). The Morgan fingerprint density at radius 1 is 0.824 bits per heavy atom. The zero-order valence-corrected chi connectivity index (χ0v) is 20.4. The van der Waals surface area contributed by atoms with Crippen LogP contribution in [0.25, 0.3) is 0 Å². The van der Waals surface area contributed by atoms with Gasteiger partial charge >= 0.3 is 0 Å². The topological polar surface area (TPSA) is 93.7 Å². The van der Waals surface area contributed by atoms with Crippen LogP contribution in [-0.2, 0) is 27.7 Å². The Hall–Kier alpha value is -3.52. The lowest BCUT2D eigenvalue weighted by Gasteiger charge is -2.10. The Kier molecular flexibility index (Phi) is 8.54. The first-order valence-corrected chi connectivity index (χ1v) is 12.4. The lowest BCUT2D eigenvalue weighted by Crippen LogP contribution is -2.25. The van der Waals surface area contributed by atoms with Gasteiger partial charge in [0.1, 0.15) is 0 Å². The Morgan fingerprint density at radius 2 is 1.47 bits per heavy atom. The number of methoxy groups -OCH3 is 2. The number of sulfonamides is 1. The number of carbonyl (C=O) groups excluding carboxylic acids is 1. The van der Waals surface area contributed by atoms with Gasteiger partial charge in [-0.25, -0.2) is 8.42 Å². The van der Waals surface area contributed by atoms with Crippen molar-refractivity contribution in [2.24, 2.45) is 0 Å². The van der Waals surface area contributed by atoms with E-state index in [2.05, 4.69) is 10.0 Å². The molecule has 7 nitrogen and oxygen atoms in total. The third-order valence-electron chi connectivity index (χ3n) is 5.36. The maximum absolute atomic E-state index is 12.6. The molecule has 0 radical (unpaired) electrons. The van der Waals surface area contributed by atoms with Crippen LogP contribution in [0.1, 0.15) is 23.1 Å². The summed E-state index contributed by atoms with van der Waals surface area (Å²) in [5, 5.41) is 2.92. The second kappa shape index (κ2) is 11.6. The highest BCUT2D eigenvalue weighted by Crippen LogP contribution is 2.27. The van der Waals surface area contributed by atoms with Crippen LogP contribution in [0.2, 0.25) is 0 Å². The maximum atomic E-state index is 12.6. The van der Waals surface area contributed by atoms with Crippen LogP contribution < -0.4 is 19.5 Å². The van der Waals surface area contributed by atoms with Crippen molar-refractivity contribution in [2.45, 2.75) is 31.1 Å². The molecule has 8 heteroatoms. The minimum atomic E-state index is -3.67. The van der Waals surface area contributed by atoms with Gasteiger partial charge in [-0.05, 0) is 67.3 Å². The number of anilines is 1. The highest BCUT2D eigenvalue weighted by molar-refractivity contribution is 7.92. The molecule has 0 aliphatic heterocycles. The summed E-state index contributed by atoms with van der Waals surface area (Å²) in [6.07, 6.45) is 1.51. The fourth-order valence-electron chi connectivity index (χ4n) is 3.40. The van der Waals surface area contributed by atoms with Crippen molar-refractivity contribution in [1.29, 1.82) is 0 Å². The van der Waals surface area contributed by atoms with Crippen molar-refractivity contribution in [3.05, 3.63) is 83.4 Å². The molecule has 1 amide bonds. The Labute approximate surface area is 201 Å². The molecule has 0 fully saturated rings. The molecule has 34 heavy (non-hydrogen) atoms. The molecule has 0 saturated carbocycles. The lowest BCUT2D eigenvalue weighted by molar-refractivity contribution is -0.121. The van der Waals surface area contributed by atoms with Gasteiger partial charge in [0.05, 0.1) is 19.1 Å². The summed E-state index contributed by atoms with van der Waals surface area (Å²) in [6, 6.07) is 19.4. The van der Waals surface area contributed by atoms with Crippen LogP contribution in [-0.4, -0.2) is 35.1 Å². The van der Waals surface area contributed by atoms with E-state index < -0.39 is 10.0 Å². The van der Waals surface area contributed by atoms with E-state index in [0.29, 0.717) is 43.0 Å². The van der Waals surface area contributed by atoms with Gasteiger partial charge in [-0.2, -0.15) is 0 Å². The number of nitrogens with one attached hydrogen (secondary N) is 2. The third-order valence-corrected chi connectivity index (χ3v) is 6.76. The Bertz CT molecular complexity index is 1210. The second-order valence-corrected chi connectivity index (χ2v) is 9.59. The largest absolute Gasteiger partial charge is 0.493 e. The summed E-state index contributed by atoms with van der Waals surface area (Å²) < 4.78 is 38.3. The minimum absolute atomic E-state index is 0.0572. The molecule has 0 heterocycles. The Balaban J connectivity index is 1.46. The highest BCUT2D eigenvalue weighted by Gasteiger charge is 2.14. The van der Waals surface area contributed by atoms with Crippen LogP contribution in [0, 0.1) is 6.92 Å². The molecule has 0 saturated heterocycles. The maximum Gasteiger partial charge on any atom is 0.261 e. The van der Waals surface area contributed by atoms with Crippen molar-refractivity contribution in [3.8, 4) is 11.5 Å². The van der Waals surface area contributed by atoms with Gasteiger partial charge in [0.25, 0.3) is 10.0 Å². The number of benzene rings is 3. The number of amides is 1. The molecule has 0 aliphatic carbocycles. The third kappa shape index (κ3) is 6.99. The summed E-state index contributed by atoms with van der Waals surface area (Å²) in [7, 11) is -0.489. The molecule has 0 aliphatic rings. The second-order valence-electron chi connectivity index (χ2n) is 7.90. The van der Waals surface area contributed by atoms with E-state index in [1.165, 1.54) is 0 Å². The number of carbonyl (C=O) groups is 1. The molecule has 0 unspecified atom stereocenters. The number of ether oxygens (including phenoxy) is 2. The predicted octanol–water partition coefficient (Wildman–Crippen LogP) is 4.10. The van der Waals surface area contributed by atoms with Crippen molar-refractivity contribution in [1.82, 2.24) is 5.32 Å². The molecular formula is C26H30N2O5S. The van der Waals surface area contributed by atoms with Gasteiger partial charge in [-0.1, -0.05) is 35.9 Å². The molecule has 180 valence electrons. The summed E-state index contributed by atoms with van der Waals surface area (Å²) >= 11 is 0. The van der Waals surface area contributed by atoms with Crippen molar-refractivity contribution in [3.63, 3.8) is 0 Å². The van der Waals surface area contributed by atoms with Crippen molar-refractivity contribution >= 4 is 21.6 Å². The van der Waals surface area contributed by atoms with E-state index in [0.717, 1.165) is 16.7 Å². The molecule has 3 rings (SSSR count). The van der Waals surface area contributed by atoms with E-state index in [9.17, 15) is 13.2 Å². The number of hydrogen-bond acceptors (Lipinski definition) is 5. The van der Waals surface area contributed by atoms with Crippen molar-refractivity contribution < 1.29 is 22.7 Å². The summed E-state index contributed by atoms with van der Waals surface area (Å²) in [6.45, 7) is 2.45. The van der Waals surface area contributed by atoms with Gasteiger partial charge in [0, 0.05) is 18.7 Å². The molecule has 2 N–H and O–H groups in total. The first-order valence-electron chi connectivity index (χ1n) is 11.0. The minimum Gasteiger partial charge on any atom is -0.493 e. The smallest absolute Gasteiger partial charge is 0.261 e. The molecule has 3 aromatic rings. The summed E-state index contributed by atoms with van der Waals surface area (Å²) in [4.78, 5) is 12.4. The number of hydrogen-bond donors (Lipinski definition) is 2. The van der Waals surface area contributed by atoms with Gasteiger partial charge in [0.15, 0.2) is 11.5 Å². The zero-order valence-electron chi connectivity index (χ0n) is 19.6. The molecule has 0 aromatic heterocycles. The fraction of sp³-hybridized carbons (Fsp3) is 0.269. The molecular weight excluding hydrogens is 452 g/mol. The van der Waals surface area contributed by atoms with E-state index in [1.807, 2.05) is 37.3 Å². The van der Waals surface area contributed by atoms with Crippen molar-refractivity contribution in [2.75, 3.05) is 25.5 Å². The molecule has 0 bridgehead atoms. The SMILES string of the molecule is COc1ccc(CCNC(=O)CCc2ccc(S(=O)(=O)Nc3ccc(C)cc3)cc2)cc1OC. The van der Waals surface area contributed by atoms with Gasteiger partial charge in [-0.3, -0.25) is 9.52 Å². The van der Waals surface area contributed by atoms with Crippen LogP contribution in [0.5, 0.6) is 11.5 Å². The zero-order chi connectivity index (χ0) is 24.6. The van der Waals surface area contributed by atoms with E-state index >= 15 is 0 Å². The summed E-state index contributed by atoms with van der Waals surface area (Å²) in [5.41, 5.74) is 3.50. The van der Waals surface area contributed by atoms with Crippen LogP contribution in [0.4, 0.5) is 5.69 Å². The van der Waals surface area contributed by atoms with Crippen LogP contribution in [0.15, 0.2) is 71.6 Å². The monoisotopic (exact) mass is 482 g/mol. The van der Waals surface area contributed by atoms with Crippen LogP contribution in [0.3, 0.4) is 0 Å². The quantitative estimate of drug-likeness (QED) is 0.429. The van der Waals surface area contributed by atoms with E-state index in [-0.39, 0.29) is 10.8 Å². The normalized spacial score (nSPS) is 11.0. The number of rotatable bonds is 11. The van der Waals surface area contributed by atoms with Gasteiger partial charge in [0.2, 0.25) is 5.91 Å². The fourth-order valence-corrected chi connectivity index (χ4v) is 4.46. The average Bonchev–Trinajstić information content (AvgIpc) is 2.84. The summed E-state index contributed by atoms with van der Waals surface area (Å²) in [5.74, 6) is 1.27. The predicted molar refractivity (Wildman–Crippen MR) is 133 cm³/mol.